The van der Waals surface area contributed by atoms with Crippen LogP contribution in [0.25, 0.3) is 0 Å². The second-order valence-corrected chi connectivity index (χ2v) is 3.33. The molecule has 92 valence electrons. The largest absolute Gasteiger partial charge is 0.493 e. The second kappa shape index (κ2) is 5.74. The SMILES string of the molecule is CNC(=O)CCOc1ccc(N)c(C(=O)O)c1. The van der Waals surface area contributed by atoms with E-state index in [2.05, 4.69) is 5.32 Å². The molecule has 0 saturated carbocycles. The molecule has 0 unspecified atom stereocenters. The molecular formula is C11H14N2O4. The summed E-state index contributed by atoms with van der Waals surface area (Å²) in [5, 5.41) is 11.3. The van der Waals surface area contributed by atoms with Gasteiger partial charge in [0.2, 0.25) is 5.91 Å². The number of nitrogen functional groups attached to an aromatic ring is 1. The average molecular weight is 238 g/mol. The highest BCUT2D eigenvalue weighted by atomic mass is 16.5. The van der Waals surface area contributed by atoms with Crippen LogP contribution in [0, 0.1) is 0 Å². The molecule has 1 aromatic rings. The monoisotopic (exact) mass is 238 g/mol. The number of ether oxygens (including phenoxy) is 1. The Bertz CT molecular complexity index is 431. The van der Waals surface area contributed by atoms with E-state index in [9.17, 15) is 9.59 Å². The Hall–Kier alpha value is -2.24. The summed E-state index contributed by atoms with van der Waals surface area (Å²) in [5.74, 6) is -0.876. The molecule has 0 radical (unpaired) electrons. The summed E-state index contributed by atoms with van der Waals surface area (Å²) in [6.45, 7) is 0.183. The van der Waals surface area contributed by atoms with Crippen molar-refractivity contribution in [3.8, 4) is 5.75 Å². The summed E-state index contributed by atoms with van der Waals surface area (Å²) >= 11 is 0. The normalized spacial score (nSPS) is 9.71. The number of rotatable bonds is 5. The third-order valence-electron chi connectivity index (χ3n) is 2.13. The van der Waals surface area contributed by atoms with Crippen molar-refractivity contribution in [1.29, 1.82) is 0 Å². The molecule has 0 aliphatic rings. The molecule has 0 spiro atoms. The lowest BCUT2D eigenvalue weighted by Crippen LogP contribution is -2.20. The predicted molar refractivity (Wildman–Crippen MR) is 62.0 cm³/mol. The van der Waals surface area contributed by atoms with Crippen LogP contribution in [0.3, 0.4) is 0 Å². The van der Waals surface area contributed by atoms with Gasteiger partial charge in [0, 0.05) is 12.7 Å². The molecule has 17 heavy (non-hydrogen) atoms. The van der Waals surface area contributed by atoms with Gasteiger partial charge < -0.3 is 20.9 Å². The van der Waals surface area contributed by atoms with Crippen molar-refractivity contribution in [2.75, 3.05) is 19.4 Å². The lowest BCUT2D eigenvalue weighted by molar-refractivity contribution is -0.121. The molecule has 0 aliphatic heterocycles. The molecule has 4 N–H and O–H groups in total. The van der Waals surface area contributed by atoms with Crippen molar-refractivity contribution >= 4 is 17.6 Å². The van der Waals surface area contributed by atoms with Crippen molar-refractivity contribution in [1.82, 2.24) is 5.32 Å². The smallest absolute Gasteiger partial charge is 0.337 e. The average Bonchev–Trinajstić information content (AvgIpc) is 2.30. The summed E-state index contributed by atoms with van der Waals surface area (Å²) in [5.41, 5.74) is 5.65. The zero-order valence-corrected chi connectivity index (χ0v) is 9.40. The molecule has 0 bridgehead atoms. The minimum Gasteiger partial charge on any atom is -0.493 e. The molecule has 0 atom stereocenters. The zero-order valence-electron chi connectivity index (χ0n) is 9.40. The molecule has 1 amide bonds. The van der Waals surface area contributed by atoms with E-state index in [1.807, 2.05) is 0 Å². The summed E-state index contributed by atoms with van der Waals surface area (Å²) in [7, 11) is 1.54. The van der Waals surface area contributed by atoms with Crippen LogP contribution >= 0.6 is 0 Å². The van der Waals surface area contributed by atoms with Crippen LogP contribution in [0.4, 0.5) is 5.69 Å². The Balaban J connectivity index is 2.63. The van der Waals surface area contributed by atoms with E-state index in [1.54, 1.807) is 6.07 Å². The quantitative estimate of drug-likeness (QED) is 0.648. The van der Waals surface area contributed by atoms with Gasteiger partial charge in [-0.3, -0.25) is 4.79 Å². The van der Waals surface area contributed by atoms with Gasteiger partial charge in [0.25, 0.3) is 0 Å². The van der Waals surface area contributed by atoms with E-state index in [0.717, 1.165) is 0 Å². The Kier molecular flexibility index (Phi) is 4.33. The fourth-order valence-corrected chi connectivity index (χ4v) is 1.20. The third-order valence-corrected chi connectivity index (χ3v) is 2.13. The molecule has 0 aromatic heterocycles. The van der Waals surface area contributed by atoms with Crippen LogP contribution in [0.1, 0.15) is 16.8 Å². The van der Waals surface area contributed by atoms with Crippen molar-refractivity contribution < 1.29 is 19.4 Å². The number of amides is 1. The minimum atomic E-state index is -1.11. The summed E-state index contributed by atoms with van der Waals surface area (Å²) < 4.78 is 5.24. The predicted octanol–water partition coefficient (Wildman–Crippen LogP) is 0.482. The molecule has 0 saturated heterocycles. The Morgan fingerprint density at radius 1 is 1.47 bits per heavy atom. The van der Waals surface area contributed by atoms with E-state index in [-0.39, 0.29) is 30.2 Å². The highest BCUT2D eigenvalue weighted by molar-refractivity contribution is 5.94. The molecule has 0 fully saturated rings. The standard InChI is InChI=1S/C11H14N2O4/c1-13-10(14)4-5-17-7-2-3-9(12)8(6-7)11(15)16/h2-3,6H,4-5,12H2,1H3,(H,13,14)(H,15,16). The maximum Gasteiger partial charge on any atom is 0.337 e. The number of aromatic carboxylic acids is 1. The van der Waals surface area contributed by atoms with Crippen LogP contribution in [-0.4, -0.2) is 30.6 Å². The topological polar surface area (TPSA) is 102 Å². The fraction of sp³-hybridized carbons (Fsp3) is 0.273. The lowest BCUT2D eigenvalue weighted by Gasteiger charge is -2.07. The summed E-state index contributed by atoms with van der Waals surface area (Å²) in [6.07, 6.45) is 0.212. The van der Waals surface area contributed by atoms with Gasteiger partial charge in [-0.2, -0.15) is 0 Å². The van der Waals surface area contributed by atoms with E-state index < -0.39 is 5.97 Å². The van der Waals surface area contributed by atoms with Gasteiger partial charge in [-0.25, -0.2) is 4.79 Å². The van der Waals surface area contributed by atoms with Crippen LogP contribution in [0.2, 0.25) is 0 Å². The molecule has 6 nitrogen and oxygen atoms in total. The molecular weight excluding hydrogens is 224 g/mol. The number of nitrogens with two attached hydrogens (primary N) is 1. The third kappa shape index (κ3) is 3.67. The van der Waals surface area contributed by atoms with Crippen LogP contribution < -0.4 is 15.8 Å². The first-order chi connectivity index (χ1) is 8.04. The van der Waals surface area contributed by atoms with Crippen molar-refractivity contribution in [3.63, 3.8) is 0 Å². The van der Waals surface area contributed by atoms with E-state index in [0.29, 0.717) is 5.75 Å². The number of hydrogen-bond acceptors (Lipinski definition) is 4. The van der Waals surface area contributed by atoms with Gasteiger partial charge in [-0.05, 0) is 18.2 Å². The van der Waals surface area contributed by atoms with E-state index >= 15 is 0 Å². The van der Waals surface area contributed by atoms with Crippen LogP contribution in [-0.2, 0) is 4.79 Å². The summed E-state index contributed by atoms with van der Waals surface area (Å²) in [6, 6.07) is 4.35. The van der Waals surface area contributed by atoms with Gasteiger partial charge in [-0.1, -0.05) is 0 Å². The minimum absolute atomic E-state index is 0.0116. The first kappa shape index (κ1) is 12.8. The van der Waals surface area contributed by atoms with Crippen molar-refractivity contribution in [2.24, 2.45) is 0 Å². The van der Waals surface area contributed by atoms with Crippen LogP contribution in [0.15, 0.2) is 18.2 Å². The number of carbonyl (C=O) groups excluding carboxylic acids is 1. The van der Waals surface area contributed by atoms with E-state index in [1.165, 1.54) is 19.2 Å². The highest BCUT2D eigenvalue weighted by Gasteiger charge is 2.09. The molecule has 0 aliphatic carbocycles. The maximum atomic E-state index is 10.9. The van der Waals surface area contributed by atoms with E-state index in [4.69, 9.17) is 15.6 Å². The number of benzene rings is 1. The van der Waals surface area contributed by atoms with Gasteiger partial charge in [0.15, 0.2) is 0 Å². The molecule has 0 heterocycles. The fourth-order valence-electron chi connectivity index (χ4n) is 1.20. The number of anilines is 1. The van der Waals surface area contributed by atoms with Crippen molar-refractivity contribution in [2.45, 2.75) is 6.42 Å². The molecule has 1 aromatic carbocycles. The van der Waals surface area contributed by atoms with Crippen LogP contribution in [0.5, 0.6) is 5.75 Å². The van der Waals surface area contributed by atoms with Gasteiger partial charge in [0.1, 0.15) is 5.75 Å². The number of nitrogens with one attached hydrogen (secondary N) is 1. The molecule has 6 heteroatoms. The Morgan fingerprint density at radius 3 is 2.76 bits per heavy atom. The van der Waals surface area contributed by atoms with Gasteiger partial charge >= 0.3 is 5.97 Å². The first-order valence-electron chi connectivity index (χ1n) is 5.00. The first-order valence-corrected chi connectivity index (χ1v) is 5.00. The number of hydrogen-bond donors (Lipinski definition) is 3. The summed E-state index contributed by atoms with van der Waals surface area (Å²) in [4.78, 5) is 21.7. The van der Waals surface area contributed by atoms with Gasteiger partial charge in [-0.15, -0.1) is 0 Å². The van der Waals surface area contributed by atoms with Gasteiger partial charge in [0.05, 0.1) is 18.6 Å². The highest BCUT2D eigenvalue weighted by Crippen LogP contribution is 2.19. The number of carboxylic acids is 1. The number of carboxylic acid groups (broad SMARTS) is 1. The maximum absolute atomic E-state index is 10.9. The second-order valence-electron chi connectivity index (χ2n) is 3.33. The Labute approximate surface area is 98.4 Å². The zero-order chi connectivity index (χ0) is 12.8. The number of carbonyl (C=O) groups is 2. The van der Waals surface area contributed by atoms with Crippen molar-refractivity contribution in [3.05, 3.63) is 23.8 Å². The Morgan fingerprint density at radius 2 is 2.18 bits per heavy atom. The lowest BCUT2D eigenvalue weighted by atomic mass is 10.2. The molecule has 1 rings (SSSR count).